The van der Waals surface area contributed by atoms with Gasteiger partial charge in [0.05, 0.1) is 5.69 Å². The van der Waals surface area contributed by atoms with Crippen LogP contribution in [0.3, 0.4) is 0 Å². The van der Waals surface area contributed by atoms with E-state index in [0.29, 0.717) is 5.69 Å². The van der Waals surface area contributed by atoms with E-state index in [1.807, 2.05) is 19.2 Å². The Balaban J connectivity index is 1.70. The second-order valence-corrected chi connectivity index (χ2v) is 11.3. The molecule has 0 bridgehead atoms. The van der Waals surface area contributed by atoms with Crippen molar-refractivity contribution in [2.24, 2.45) is 4.99 Å². The van der Waals surface area contributed by atoms with Crippen LogP contribution in [-0.4, -0.2) is 74.3 Å². The summed E-state index contributed by atoms with van der Waals surface area (Å²) in [7, 11) is 2.56. The van der Waals surface area contributed by atoms with Crippen LogP contribution >= 0.6 is 34.7 Å². The third-order valence-electron chi connectivity index (χ3n) is 4.18. The molecular weight excluding hydrogens is 468 g/mol. The average molecular weight is 489 g/mol. The van der Waals surface area contributed by atoms with Gasteiger partial charge >= 0.3 is 6.03 Å². The van der Waals surface area contributed by atoms with Crippen molar-refractivity contribution in [1.82, 2.24) is 14.2 Å². The third-order valence-corrected chi connectivity index (χ3v) is 9.16. The first-order chi connectivity index (χ1) is 14.1. The van der Waals surface area contributed by atoms with Gasteiger partial charge in [-0.2, -0.15) is 0 Å². The van der Waals surface area contributed by atoms with Crippen LogP contribution in [0, 0.1) is 0 Å². The van der Waals surface area contributed by atoms with Crippen LogP contribution in [0.5, 0.6) is 0 Å². The molecule has 0 saturated carbocycles. The fourth-order valence-electron chi connectivity index (χ4n) is 2.37. The molecule has 0 atom stereocenters. The van der Waals surface area contributed by atoms with Crippen molar-refractivity contribution in [3.63, 3.8) is 0 Å². The van der Waals surface area contributed by atoms with Gasteiger partial charge < -0.3 is 10.2 Å². The van der Waals surface area contributed by atoms with E-state index in [1.54, 1.807) is 23.9 Å². The SMILES string of the molecule is CN1CCSC1=Nc1ccc(NC(=O)N(C)c2nc(Cl)c(S(=O)(=O)N(C)C)s2)cc1. The summed E-state index contributed by atoms with van der Waals surface area (Å²) >= 11 is 8.53. The van der Waals surface area contributed by atoms with Gasteiger partial charge in [-0.15, -0.1) is 0 Å². The normalized spacial score (nSPS) is 15.8. The van der Waals surface area contributed by atoms with Crippen molar-refractivity contribution in [2.75, 3.05) is 50.7 Å². The number of thioether (sulfide) groups is 1. The Morgan fingerprint density at radius 2 is 1.93 bits per heavy atom. The molecule has 0 spiro atoms. The maximum Gasteiger partial charge on any atom is 0.327 e. The van der Waals surface area contributed by atoms with Crippen LogP contribution in [0.1, 0.15) is 0 Å². The first kappa shape index (κ1) is 22.8. The number of hydrogen-bond donors (Lipinski definition) is 1. The van der Waals surface area contributed by atoms with Crippen LogP contribution in [0.15, 0.2) is 33.5 Å². The molecule has 9 nitrogen and oxygen atoms in total. The quantitative estimate of drug-likeness (QED) is 0.692. The second kappa shape index (κ2) is 9.10. The molecule has 0 aliphatic carbocycles. The highest BCUT2D eigenvalue weighted by Crippen LogP contribution is 2.34. The number of urea groups is 1. The molecule has 1 aliphatic heterocycles. The molecule has 0 radical (unpaired) electrons. The minimum absolute atomic E-state index is 0.109. The first-order valence-corrected chi connectivity index (χ1v) is 12.4. The minimum Gasteiger partial charge on any atom is -0.353 e. The average Bonchev–Trinajstić information content (AvgIpc) is 3.28. The van der Waals surface area contributed by atoms with Crippen molar-refractivity contribution >= 4 is 72.4 Å². The van der Waals surface area contributed by atoms with Gasteiger partial charge in [0, 0.05) is 46.2 Å². The molecule has 1 aromatic heterocycles. The first-order valence-electron chi connectivity index (χ1n) is 8.76. The summed E-state index contributed by atoms with van der Waals surface area (Å²) < 4.78 is 25.5. The van der Waals surface area contributed by atoms with Crippen LogP contribution in [-0.2, 0) is 10.0 Å². The number of amidine groups is 1. The van der Waals surface area contributed by atoms with E-state index in [1.165, 1.54) is 26.0 Å². The van der Waals surface area contributed by atoms with Gasteiger partial charge in [-0.05, 0) is 24.3 Å². The molecule has 2 heterocycles. The highest BCUT2D eigenvalue weighted by Gasteiger charge is 2.27. The number of nitrogens with one attached hydrogen (secondary N) is 1. The number of aliphatic imine (C=N–C) groups is 1. The number of rotatable bonds is 5. The maximum absolute atomic E-state index is 12.6. The molecule has 1 fully saturated rings. The van der Waals surface area contributed by atoms with Gasteiger partial charge in [0.1, 0.15) is 0 Å². The van der Waals surface area contributed by atoms with Crippen molar-refractivity contribution in [1.29, 1.82) is 0 Å². The summed E-state index contributed by atoms with van der Waals surface area (Å²) in [5, 5.41) is 3.72. The topological polar surface area (TPSA) is 98.2 Å². The summed E-state index contributed by atoms with van der Waals surface area (Å²) in [5.41, 5.74) is 1.37. The Bertz CT molecular complexity index is 1070. The third kappa shape index (κ3) is 4.89. The summed E-state index contributed by atoms with van der Waals surface area (Å²) in [6.07, 6.45) is 0. The summed E-state index contributed by atoms with van der Waals surface area (Å²) in [6, 6.07) is 6.66. The van der Waals surface area contributed by atoms with Gasteiger partial charge in [0.2, 0.25) is 0 Å². The minimum atomic E-state index is -3.74. The van der Waals surface area contributed by atoms with Crippen LogP contribution in [0.2, 0.25) is 5.15 Å². The molecule has 2 amide bonds. The lowest BCUT2D eigenvalue weighted by atomic mass is 10.3. The van der Waals surface area contributed by atoms with E-state index in [0.717, 1.165) is 38.8 Å². The zero-order valence-electron chi connectivity index (χ0n) is 16.8. The second-order valence-electron chi connectivity index (χ2n) is 6.56. The standard InChI is InChI=1S/C17H21ClN6O3S3/c1-22(2)30(26,27)14-13(18)21-17(29-14)24(4)15(25)19-11-5-7-12(8-6-11)20-16-23(3)9-10-28-16/h5-8H,9-10H2,1-4H3,(H,19,25). The number of benzene rings is 1. The zero-order valence-corrected chi connectivity index (χ0v) is 20.0. The fourth-order valence-corrected chi connectivity index (χ4v) is 6.27. The number of carbonyl (C=O) groups excluding carboxylic acids is 1. The highest BCUT2D eigenvalue weighted by molar-refractivity contribution is 8.14. The number of halogens is 1. The Morgan fingerprint density at radius 1 is 1.27 bits per heavy atom. The lowest BCUT2D eigenvalue weighted by Gasteiger charge is -2.15. The number of carbonyl (C=O) groups is 1. The van der Waals surface area contributed by atoms with Crippen molar-refractivity contribution < 1.29 is 13.2 Å². The molecule has 162 valence electrons. The molecule has 1 N–H and O–H groups in total. The predicted molar refractivity (Wildman–Crippen MR) is 124 cm³/mol. The van der Waals surface area contributed by atoms with Crippen molar-refractivity contribution in [3.05, 3.63) is 29.4 Å². The molecule has 3 rings (SSSR count). The lowest BCUT2D eigenvalue weighted by Crippen LogP contribution is -2.31. The molecule has 2 aromatic rings. The number of aromatic nitrogens is 1. The van der Waals surface area contributed by atoms with Crippen LogP contribution < -0.4 is 10.2 Å². The van der Waals surface area contributed by atoms with Crippen LogP contribution in [0.4, 0.5) is 21.3 Å². The number of sulfonamides is 1. The molecule has 13 heteroatoms. The molecule has 1 aromatic carbocycles. The van der Waals surface area contributed by atoms with Gasteiger partial charge in [-0.25, -0.2) is 27.5 Å². The van der Waals surface area contributed by atoms with E-state index >= 15 is 0 Å². The summed E-state index contributed by atoms with van der Waals surface area (Å²) in [6.45, 7) is 0.975. The largest absolute Gasteiger partial charge is 0.353 e. The fraction of sp³-hybridized carbons (Fsp3) is 0.353. The Kier molecular flexibility index (Phi) is 6.92. The smallest absolute Gasteiger partial charge is 0.327 e. The number of anilines is 2. The lowest BCUT2D eigenvalue weighted by molar-refractivity contribution is 0.258. The number of thiazole rings is 1. The van der Waals surface area contributed by atoms with Gasteiger partial charge in [0.25, 0.3) is 10.0 Å². The molecular formula is C17H21ClN6O3S3. The molecule has 1 aliphatic rings. The summed E-state index contributed by atoms with van der Waals surface area (Å²) in [5.74, 6) is 1.02. The Morgan fingerprint density at radius 3 is 2.50 bits per heavy atom. The maximum atomic E-state index is 12.6. The van der Waals surface area contributed by atoms with E-state index in [2.05, 4.69) is 20.2 Å². The van der Waals surface area contributed by atoms with Gasteiger partial charge in [-0.3, -0.25) is 4.90 Å². The van der Waals surface area contributed by atoms with E-state index < -0.39 is 16.1 Å². The highest BCUT2D eigenvalue weighted by atomic mass is 35.5. The Hall–Kier alpha value is -1.86. The van der Waals surface area contributed by atoms with Crippen LogP contribution in [0.25, 0.3) is 0 Å². The molecule has 30 heavy (non-hydrogen) atoms. The van der Waals surface area contributed by atoms with E-state index in [-0.39, 0.29) is 14.5 Å². The van der Waals surface area contributed by atoms with E-state index in [4.69, 9.17) is 11.6 Å². The van der Waals surface area contributed by atoms with Gasteiger partial charge in [0.15, 0.2) is 19.7 Å². The molecule has 0 unspecified atom stereocenters. The Labute approximate surface area is 188 Å². The van der Waals surface area contributed by atoms with Crippen molar-refractivity contribution in [3.8, 4) is 0 Å². The summed E-state index contributed by atoms with van der Waals surface area (Å²) in [4.78, 5) is 24.5. The van der Waals surface area contributed by atoms with Crippen molar-refractivity contribution in [2.45, 2.75) is 4.21 Å². The number of nitrogens with zero attached hydrogens (tertiary/aromatic N) is 5. The van der Waals surface area contributed by atoms with Gasteiger partial charge in [-0.1, -0.05) is 34.7 Å². The number of hydrogen-bond acceptors (Lipinski definition) is 7. The monoisotopic (exact) mass is 488 g/mol. The molecule has 1 saturated heterocycles. The van der Waals surface area contributed by atoms with E-state index in [9.17, 15) is 13.2 Å². The predicted octanol–water partition coefficient (Wildman–Crippen LogP) is 3.38. The number of amides is 2. The zero-order chi connectivity index (χ0) is 22.1.